The minimum Gasteiger partial charge on any atom is -0.477 e. The molecule has 4 rings (SSSR count). The van der Waals surface area contributed by atoms with Gasteiger partial charge in [-0.25, -0.2) is 4.79 Å². The van der Waals surface area contributed by atoms with Crippen LogP contribution in [0.5, 0.6) is 0 Å². The van der Waals surface area contributed by atoms with Crippen LogP contribution >= 0.6 is 0 Å². The number of nitrogens with one attached hydrogen (secondary N) is 2. The number of aromatic amines is 1. The summed E-state index contributed by atoms with van der Waals surface area (Å²) in [6.07, 6.45) is 5.04. The predicted molar refractivity (Wildman–Crippen MR) is 110 cm³/mol. The van der Waals surface area contributed by atoms with Crippen LogP contribution in [0.15, 0.2) is 59.5 Å². The second-order valence-electron chi connectivity index (χ2n) is 7.05. The predicted octanol–water partition coefficient (Wildman–Crippen LogP) is 3.86. The van der Waals surface area contributed by atoms with E-state index in [1.807, 2.05) is 42.5 Å². The van der Waals surface area contributed by atoms with Gasteiger partial charge in [0, 0.05) is 17.5 Å². The second-order valence-corrected chi connectivity index (χ2v) is 7.05. The van der Waals surface area contributed by atoms with E-state index in [0.717, 1.165) is 29.7 Å². The first kappa shape index (κ1) is 17.9. The Morgan fingerprint density at radius 2 is 1.93 bits per heavy atom. The van der Waals surface area contributed by atoms with Gasteiger partial charge in [-0.1, -0.05) is 36.8 Å². The van der Waals surface area contributed by atoms with Crippen LogP contribution in [0.2, 0.25) is 0 Å². The molecule has 2 aromatic carbocycles. The van der Waals surface area contributed by atoms with E-state index in [1.54, 1.807) is 6.20 Å². The molecular weight excluding hydrogens is 354 g/mol. The molecule has 142 valence electrons. The number of hydrogen-bond acceptors (Lipinski definition) is 4. The Balaban J connectivity index is 1.86. The minimum absolute atomic E-state index is 0.278. The highest BCUT2D eigenvalue weighted by Crippen LogP contribution is 2.41. The summed E-state index contributed by atoms with van der Waals surface area (Å²) >= 11 is 0. The first-order valence-electron chi connectivity index (χ1n) is 9.25. The van der Waals surface area contributed by atoms with E-state index in [0.29, 0.717) is 22.5 Å². The number of nitrogens with two attached hydrogens (primary N) is 1. The molecule has 1 aliphatic rings. The van der Waals surface area contributed by atoms with Crippen molar-refractivity contribution in [1.82, 2.24) is 4.98 Å². The monoisotopic (exact) mass is 375 g/mol. The summed E-state index contributed by atoms with van der Waals surface area (Å²) < 4.78 is 0. The standard InChI is InChI=1S/C22H21N3O3/c23-18(12-24-15-7-2-1-3-8-15)19-16(13-5-4-6-13)10-9-14-11-17(22(27)28)21(26)25-20(14)19/h1-3,7-13,24H,4-6,23H2,(H,25,26)(H,27,28)/b18-12-. The van der Waals surface area contributed by atoms with E-state index < -0.39 is 11.5 Å². The molecule has 0 atom stereocenters. The van der Waals surface area contributed by atoms with E-state index in [1.165, 1.54) is 12.5 Å². The molecule has 3 aromatic rings. The minimum atomic E-state index is -1.25. The first-order valence-corrected chi connectivity index (χ1v) is 9.25. The fourth-order valence-corrected chi connectivity index (χ4v) is 3.59. The van der Waals surface area contributed by atoms with Gasteiger partial charge >= 0.3 is 5.97 Å². The summed E-state index contributed by atoms with van der Waals surface area (Å²) in [6, 6.07) is 14.9. The molecule has 1 saturated carbocycles. The Morgan fingerprint density at radius 1 is 1.18 bits per heavy atom. The van der Waals surface area contributed by atoms with Crippen molar-refractivity contribution in [3.63, 3.8) is 0 Å². The van der Waals surface area contributed by atoms with Gasteiger partial charge in [0.15, 0.2) is 0 Å². The van der Waals surface area contributed by atoms with E-state index in [9.17, 15) is 14.7 Å². The van der Waals surface area contributed by atoms with Crippen molar-refractivity contribution in [3.8, 4) is 0 Å². The number of aromatic carboxylic acids is 1. The molecule has 5 N–H and O–H groups in total. The third kappa shape index (κ3) is 3.24. The van der Waals surface area contributed by atoms with Gasteiger partial charge in [-0.15, -0.1) is 0 Å². The number of para-hydroxylation sites is 1. The van der Waals surface area contributed by atoms with Gasteiger partial charge in [0.2, 0.25) is 0 Å². The molecule has 6 heteroatoms. The average Bonchev–Trinajstić information content (AvgIpc) is 2.64. The fourth-order valence-electron chi connectivity index (χ4n) is 3.59. The molecule has 0 unspecified atom stereocenters. The number of benzene rings is 2. The molecule has 0 bridgehead atoms. The molecule has 0 saturated heterocycles. The number of carboxylic acid groups (broad SMARTS) is 1. The lowest BCUT2D eigenvalue weighted by Crippen LogP contribution is -2.19. The van der Waals surface area contributed by atoms with E-state index in [4.69, 9.17) is 5.73 Å². The van der Waals surface area contributed by atoms with Crippen molar-refractivity contribution in [1.29, 1.82) is 0 Å². The van der Waals surface area contributed by atoms with Gasteiger partial charge in [-0.05, 0) is 47.9 Å². The number of carboxylic acids is 1. The quantitative estimate of drug-likeness (QED) is 0.541. The first-order chi connectivity index (χ1) is 13.5. The van der Waals surface area contributed by atoms with Gasteiger partial charge in [-0.2, -0.15) is 0 Å². The highest BCUT2D eigenvalue weighted by atomic mass is 16.4. The maximum absolute atomic E-state index is 12.3. The fraction of sp³-hybridized carbons (Fsp3) is 0.182. The van der Waals surface area contributed by atoms with E-state index in [2.05, 4.69) is 10.3 Å². The van der Waals surface area contributed by atoms with Crippen molar-refractivity contribution < 1.29 is 9.90 Å². The van der Waals surface area contributed by atoms with Crippen molar-refractivity contribution >= 4 is 28.3 Å². The highest BCUT2D eigenvalue weighted by Gasteiger charge is 2.25. The molecule has 1 heterocycles. The van der Waals surface area contributed by atoms with Gasteiger partial charge in [0.05, 0.1) is 11.2 Å². The molecule has 6 nitrogen and oxygen atoms in total. The van der Waals surface area contributed by atoms with Crippen molar-refractivity contribution in [2.75, 3.05) is 5.32 Å². The summed E-state index contributed by atoms with van der Waals surface area (Å²) in [5.41, 5.74) is 9.34. The smallest absolute Gasteiger partial charge is 0.341 e. The molecule has 0 aliphatic heterocycles. The average molecular weight is 375 g/mol. The normalized spacial score (nSPS) is 14.6. The van der Waals surface area contributed by atoms with Gasteiger partial charge in [0.25, 0.3) is 5.56 Å². The van der Waals surface area contributed by atoms with E-state index >= 15 is 0 Å². The summed E-state index contributed by atoms with van der Waals surface area (Å²) in [6.45, 7) is 0. The number of pyridine rings is 1. The van der Waals surface area contributed by atoms with Crippen molar-refractivity contribution in [2.24, 2.45) is 5.73 Å². The molecule has 0 amide bonds. The molecule has 1 fully saturated rings. The Bertz CT molecular complexity index is 1130. The van der Waals surface area contributed by atoms with Crippen LogP contribution in [0.25, 0.3) is 16.6 Å². The Hall–Kier alpha value is -3.54. The molecular formula is C22H21N3O3. The molecule has 0 radical (unpaired) electrons. The topological polar surface area (TPSA) is 108 Å². The molecule has 1 aliphatic carbocycles. The van der Waals surface area contributed by atoms with Crippen molar-refractivity contribution in [2.45, 2.75) is 25.2 Å². The zero-order chi connectivity index (χ0) is 19.7. The number of aromatic nitrogens is 1. The number of rotatable bonds is 5. The zero-order valence-corrected chi connectivity index (χ0v) is 15.2. The molecule has 0 spiro atoms. The number of hydrogen-bond donors (Lipinski definition) is 4. The van der Waals surface area contributed by atoms with Crippen LogP contribution in [0.1, 0.15) is 46.7 Å². The van der Waals surface area contributed by atoms with Crippen LogP contribution in [0.4, 0.5) is 5.69 Å². The zero-order valence-electron chi connectivity index (χ0n) is 15.2. The van der Waals surface area contributed by atoms with Gasteiger partial charge in [-0.3, -0.25) is 4.79 Å². The summed E-state index contributed by atoms with van der Waals surface area (Å²) in [5, 5.41) is 13.1. The summed E-state index contributed by atoms with van der Waals surface area (Å²) in [4.78, 5) is 26.3. The second kappa shape index (κ2) is 7.23. The Labute approximate surface area is 161 Å². The SMILES string of the molecule is N/C(=C\Nc1ccccc1)c1c(C2CCC2)ccc2cc(C(=O)O)c(=O)[nH]c12. The lowest BCUT2D eigenvalue weighted by molar-refractivity contribution is 0.0695. The van der Waals surface area contributed by atoms with Crippen LogP contribution in [-0.2, 0) is 0 Å². The lowest BCUT2D eigenvalue weighted by Gasteiger charge is -2.28. The number of H-pyrrole nitrogens is 1. The van der Waals surface area contributed by atoms with Crippen molar-refractivity contribution in [3.05, 3.63) is 81.8 Å². The largest absolute Gasteiger partial charge is 0.477 e. The number of anilines is 1. The van der Waals surface area contributed by atoms with E-state index in [-0.39, 0.29) is 5.56 Å². The maximum atomic E-state index is 12.3. The third-order valence-electron chi connectivity index (χ3n) is 5.29. The van der Waals surface area contributed by atoms with Crippen LogP contribution < -0.4 is 16.6 Å². The number of carbonyl (C=O) groups is 1. The van der Waals surface area contributed by atoms with Crippen LogP contribution in [0, 0.1) is 0 Å². The summed E-state index contributed by atoms with van der Waals surface area (Å²) in [7, 11) is 0. The van der Waals surface area contributed by atoms with Crippen LogP contribution in [-0.4, -0.2) is 16.1 Å². The maximum Gasteiger partial charge on any atom is 0.341 e. The Kier molecular flexibility index (Phi) is 4.61. The third-order valence-corrected chi connectivity index (χ3v) is 5.29. The molecule has 1 aromatic heterocycles. The summed E-state index contributed by atoms with van der Waals surface area (Å²) in [5.74, 6) is -0.854. The Morgan fingerprint density at radius 3 is 2.57 bits per heavy atom. The van der Waals surface area contributed by atoms with Gasteiger partial charge in [0.1, 0.15) is 5.56 Å². The number of fused-ring (bicyclic) bond motifs is 1. The van der Waals surface area contributed by atoms with Crippen LogP contribution in [0.3, 0.4) is 0 Å². The molecule has 28 heavy (non-hydrogen) atoms. The highest BCUT2D eigenvalue weighted by molar-refractivity contribution is 5.97. The van der Waals surface area contributed by atoms with Gasteiger partial charge < -0.3 is 21.1 Å². The lowest BCUT2D eigenvalue weighted by atomic mass is 9.77.